The van der Waals surface area contributed by atoms with Crippen molar-refractivity contribution < 1.29 is 19.5 Å². The molecule has 144 valence electrons. The van der Waals surface area contributed by atoms with Gasteiger partial charge in [0, 0.05) is 36.7 Å². The number of rotatable bonds is 9. The number of aliphatic carboxylic acids is 1. The van der Waals surface area contributed by atoms with Crippen LogP contribution in [0.25, 0.3) is 0 Å². The summed E-state index contributed by atoms with van der Waals surface area (Å²) >= 11 is 1.36. The Morgan fingerprint density at radius 2 is 2.04 bits per heavy atom. The molecule has 0 aliphatic rings. The van der Waals surface area contributed by atoms with Crippen molar-refractivity contribution in [2.75, 3.05) is 5.32 Å². The van der Waals surface area contributed by atoms with Crippen molar-refractivity contribution in [2.45, 2.75) is 46.1 Å². The van der Waals surface area contributed by atoms with Crippen LogP contribution in [0.2, 0.25) is 0 Å². The zero-order chi connectivity index (χ0) is 19.8. The molecule has 2 heterocycles. The summed E-state index contributed by atoms with van der Waals surface area (Å²) < 4.78 is 0. The van der Waals surface area contributed by atoms with Crippen LogP contribution in [-0.4, -0.2) is 27.9 Å². The number of nitrogens with zero attached hydrogens (tertiary/aromatic N) is 1. The first kappa shape index (κ1) is 20.6. The second-order valence-corrected chi connectivity index (χ2v) is 7.26. The number of anilines is 1. The lowest BCUT2D eigenvalue weighted by atomic mass is 10.1. The summed E-state index contributed by atoms with van der Waals surface area (Å²) in [7, 11) is 0. The van der Waals surface area contributed by atoms with Crippen LogP contribution >= 0.6 is 11.3 Å². The van der Waals surface area contributed by atoms with E-state index in [1.165, 1.54) is 11.3 Å². The van der Waals surface area contributed by atoms with E-state index in [0.717, 1.165) is 16.0 Å². The number of pyridine rings is 1. The molecule has 0 spiro atoms. The lowest BCUT2D eigenvalue weighted by molar-refractivity contribution is -0.137. The minimum atomic E-state index is -0.932. The largest absolute Gasteiger partial charge is 0.481 e. The van der Waals surface area contributed by atoms with Gasteiger partial charge in [-0.25, -0.2) is 0 Å². The molecule has 2 rings (SSSR count). The van der Waals surface area contributed by atoms with Gasteiger partial charge < -0.3 is 15.7 Å². The second kappa shape index (κ2) is 9.82. The Morgan fingerprint density at radius 3 is 2.67 bits per heavy atom. The summed E-state index contributed by atoms with van der Waals surface area (Å²) in [6.45, 7) is 4.23. The molecule has 8 heteroatoms. The Balaban J connectivity index is 2.10. The van der Waals surface area contributed by atoms with Gasteiger partial charge in [-0.15, -0.1) is 11.3 Å². The summed E-state index contributed by atoms with van der Waals surface area (Å²) in [5.41, 5.74) is 2.27. The molecule has 0 saturated heterocycles. The molecule has 0 aliphatic carbocycles. The molecule has 0 atom stereocenters. The van der Waals surface area contributed by atoms with Gasteiger partial charge in [0.1, 0.15) is 5.00 Å². The van der Waals surface area contributed by atoms with Crippen LogP contribution in [0.3, 0.4) is 0 Å². The highest BCUT2D eigenvalue weighted by Crippen LogP contribution is 2.33. The number of aryl methyl sites for hydroxylation is 1. The Bertz CT molecular complexity index is 818. The number of carbonyl (C=O) groups is 3. The molecule has 27 heavy (non-hydrogen) atoms. The lowest BCUT2D eigenvalue weighted by Gasteiger charge is -2.09. The van der Waals surface area contributed by atoms with E-state index in [-0.39, 0.29) is 31.1 Å². The van der Waals surface area contributed by atoms with Gasteiger partial charge in [0.25, 0.3) is 5.91 Å². The maximum Gasteiger partial charge on any atom is 0.303 e. The van der Waals surface area contributed by atoms with Crippen molar-refractivity contribution in [3.8, 4) is 0 Å². The predicted molar refractivity (Wildman–Crippen MR) is 104 cm³/mol. The summed E-state index contributed by atoms with van der Waals surface area (Å²) in [5.74, 6) is -1.47. The highest BCUT2D eigenvalue weighted by molar-refractivity contribution is 7.16. The summed E-state index contributed by atoms with van der Waals surface area (Å²) in [4.78, 5) is 40.5. The van der Waals surface area contributed by atoms with Crippen molar-refractivity contribution in [1.82, 2.24) is 10.3 Å². The Morgan fingerprint density at radius 1 is 1.26 bits per heavy atom. The standard InChI is InChI=1S/C19H23N3O4S/c1-3-14-12(2)27-19(22-15(23)7-4-8-16(24)25)17(14)18(26)21-11-13-6-5-9-20-10-13/h5-6,9-10H,3-4,7-8,11H2,1-2H3,(H,21,26)(H,22,23)(H,24,25). The van der Waals surface area contributed by atoms with Crippen LogP contribution < -0.4 is 10.6 Å². The topological polar surface area (TPSA) is 108 Å². The van der Waals surface area contributed by atoms with Crippen molar-refractivity contribution in [1.29, 1.82) is 0 Å². The second-order valence-electron chi connectivity index (χ2n) is 6.03. The van der Waals surface area contributed by atoms with E-state index in [9.17, 15) is 14.4 Å². The molecule has 0 aliphatic heterocycles. The zero-order valence-corrected chi connectivity index (χ0v) is 16.2. The molecule has 2 aromatic rings. The van der Waals surface area contributed by atoms with E-state index >= 15 is 0 Å². The van der Waals surface area contributed by atoms with Crippen molar-refractivity contribution >= 4 is 34.1 Å². The fourth-order valence-electron chi connectivity index (χ4n) is 2.70. The quantitative estimate of drug-likeness (QED) is 0.610. The van der Waals surface area contributed by atoms with E-state index in [1.807, 2.05) is 19.9 Å². The molecular formula is C19H23N3O4S. The van der Waals surface area contributed by atoms with E-state index in [1.54, 1.807) is 18.5 Å². The Hall–Kier alpha value is -2.74. The molecular weight excluding hydrogens is 366 g/mol. The highest BCUT2D eigenvalue weighted by Gasteiger charge is 2.22. The van der Waals surface area contributed by atoms with E-state index in [0.29, 0.717) is 23.5 Å². The van der Waals surface area contributed by atoms with Gasteiger partial charge in [0.15, 0.2) is 0 Å². The first-order chi connectivity index (χ1) is 12.9. The third-order valence-corrected chi connectivity index (χ3v) is 5.08. The van der Waals surface area contributed by atoms with E-state index < -0.39 is 5.97 Å². The SMILES string of the molecule is CCc1c(C)sc(NC(=O)CCCC(=O)O)c1C(=O)NCc1cccnc1. The monoisotopic (exact) mass is 389 g/mol. The van der Waals surface area contributed by atoms with Crippen LogP contribution in [0, 0.1) is 6.92 Å². The Kier molecular flexibility index (Phi) is 7.48. The van der Waals surface area contributed by atoms with Gasteiger partial charge in [0.05, 0.1) is 5.56 Å². The zero-order valence-electron chi connectivity index (χ0n) is 15.4. The highest BCUT2D eigenvalue weighted by atomic mass is 32.1. The van der Waals surface area contributed by atoms with E-state index in [4.69, 9.17) is 5.11 Å². The van der Waals surface area contributed by atoms with Gasteiger partial charge in [-0.1, -0.05) is 13.0 Å². The third kappa shape index (κ3) is 5.89. The number of aromatic nitrogens is 1. The summed E-state index contributed by atoms with van der Waals surface area (Å²) in [5, 5.41) is 14.8. The minimum absolute atomic E-state index is 0.0600. The van der Waals surface area contributed by atoms with Gasteiger partial charge in [-0.05, 0) is 37.0 Å². The average molecular weight is 389 g/mol. The first-order valence-electron chi connectivity index (χ1n) is 8.73. The molecule has 2 aromatic heterocycles. The molecule has 3 N–H and O–H groups in total. The molecule has 2 amide bonds. The summed E-state index contributed by atoms with van der Waals surface area (Å²) in [6.07, 6.45) is 4.32. The first-order valence-corrected chi connectivity index (χ1v) is 9.55. The number of carbonyl (C=O) groups excluding carboxylic acids is 2. The maximum absolute atomic E-state index is 12.8. The maximum atomic E-state index is 12.8. The Labute approximate surface area is 161 Å². The summed E-state index contributed by atoms with van der Waals surface area (Å²) in [6, 6.07) is 3.68. The number of hydrogen-bond acceptors (Lipinski definition) is 5. The molecule has 0 radical (unpaired) electrons. The average Bonchev–Trinajstić information content (AvgIpc) is 2.95. The number of amides is 2. The number of hydrogen-bond donors (Lipinski definition) is 3. The molecule has 7 nitrogen and oxygen atoms in total. The smallest absolute Gasteiger partial charge is 0.303 e. The fourth-order valence-corrected chi connectivity index (χ4v) is 3.85. The number of carboxylic acids is 1. The molecule has 0 aromatic carbocycles. The van der Waals surface area contributed by atoms with Crippen LogP contribution in [0.1, 0.15) is 52.5 Å². The third-order valence-electron chi connectivity index (χ3n) is 4.01. The van der Waals surface area contributed by atoms with Gasteiger partial charge in [0.2, 0.25) is 5.91 Å². The van der Waals surface area contributed by atoms with Crippen LogP contribution in [0.15, 0.2) is 24.5 Å². The lowest BCUT2D eigenvalue weighted by Crippen LogP contribution is -2.25. The molecule has 0 unspecified atom stereocenters. The number of carboxylic acid groups (broad SMARTS) is 1. The molecule has 0 bridgehead atoms. The van der Waals surface area contributed by atoms with Crippen molar-refractivity contribution in [3.05, 3.63) is 46.1 Å². The predicted octanol–water partition coefficient (Wildman–Crippen LogP) is 3.14. The number of nitrogens with one attached hydrogen (secondary N) is 2. The van der Waals surface area contributed by atoms with Crippen molar-refractivity contribution in [3.63, 3.8) is 0 Å². The normalized spacial score (nSPS) is 10.4. The van der Waals surface area contributed by atoms with Crippen molar-refractivity contribution in [2.24, 2.45) is 0 Å². The number of thiophene rings is 1. The van der Waals surface area contributed by atoms with Crippen LogP contribution in [0.5, 0.6) is 0 Å². The molecule has 0 fully saturated rings. The van der Waals surface area contributed by atoms with Gasteiger partial charge in [-0.3, -0.25) is 19.4 Å². The van der Waals surface area contributed by atoms with Gasteiger partial charge in [-0.2, -0.15) is 0 Å². The van der Waals surface area contributed by atoms with Crippen LogP contribution in [-0.2, 0) is 22.6 Å². The minimum Gasteiger partial charge on any atom is -0.481 e. The van der Waals surface area contributed by atoms with Crippen LogP contribution in [0.4, 0.5) is 5.00 Å². The van der Waals surface area contributed by atoms with Gasteiger partial charge >= 0.3 is 5.97 Å². The van der Waals surface area contributed by atoms with E-state index in [2.05, 4.69) is 15.6 Å². The fraction of sp³-hybridized carbons (Fsp3) is 0.368. The molecule has 0 saturated carbocycles.